The van der Waals surface area contributed by atoms with Gasteiger partial charge < -0.3 is 14.9 Å². The maximum absolute atomic E-state index is 9.10. The van der Waals surface area contributed by atoms with Crippen molar-refractivity contribution in [1.82, 2.24) is 5.32 Å². The van der Waals surface area contributed by atoms with Gasteiger partial charge in [0.2, 0.25) is 0 Å². The van der Waals surface area contributed by atoms with Crippen LogP contribution in [0.3, 0.4) is 0 Å². The van der Waals surface area contributed by atoms with Crippen molar-refractivity contribution in [3.63, 3.8) is 0 Å². The molecule has 3 heteroatoms. The van der Waals surface area contributed by atoms with Gasteiger partial charge in [0.1, 0.15) is 6.54 Å². The molecular weight excluding hydrogens is 560 g/mol. The van der Waals surface area contributed by atoms with Crippen molar-refractivity contribution in [3.8, 4) is 0 Å². The molecule has 0 aromatic carbocycles. The first kappa shape index (κ1) is 45.6. The molecule has 2 N–H and O–H groups in total. The summed E-state index contributed by atoms with van der Waals surface area (Å²) in [6, 6.07) is 0. The number of unbranched alkanes of at least 4 members (excludes halogenated alkanes) is 30. The van der Waals surface area contributed by atoms with E-state index in [1.165, 1.54) is 212 Å². The fourth-order valence-corrected chi connectivity index (χ4v) is 6.82. The normalized spacial score (nSPS) is 12.2. The van der Waals surface area contributed by atoms with Gasteiger partial charge in [-0.3, -0.25) is 0 Å². The van der Waals surface area contributed by atoms with E-state index < -0.39 is 0 Å². The molecule has 0 saturated heterocycles. The van der Waals surface area contributed by atoms with Crippen LogP contribution < -0.4 is 5.32 Å². The highest BCUT2D eigenvalue weighted by Crippen LogP contribution is 2.16. The van der Waals surface area contributed by atoms with Crippen LogP contribution in [0.15, 0.2) is 12.2 Å². The Labute approximate surface area is 292 Å². The number of nitrogens with one attached hydrogen (secondary N) is 1. The number of rotatable bonds is 40. The van der Waals surface area contributed by atoms with Crippen molar-refractivity contribution in [1.29, 1.82) is 0 Å². The summed E-state index contributed by atoms with van der Waals surface area (Å²) < 4.78 is 0.924. The Hall–Kier alpha value is -0.380. The summed E-state index contributed by atoms with van der Waals surface area (Å²) in [5.41, 5.74) is 0. The van der Waals surface area contributed by atoms with E-state index in [0.717, 1.165) is 30.7 Å². The van der Waals surface area contributed by atoms with E-state index in [2.05, 4.69) is 38.5 Å². The highest BCUT2D eigenvalue weighted by molar-refractivity contribution is 4.81. The number of quaternary nitrogens is 1. The molecule has 3 nitrogen and oxygen atoms in total. The Balaban J connectivity index is 3.13. The monoisotopic (exact) mass is 650 g/mol. The van der Waals surface area contributed by atoms with Crippen molar-refractivity contribution >= 4 is 0 Å². The molecule has 0 rings (SSSR count). The molecule has 0 saturated carbocycles. The summed E-state index contributed by atoms with van der Waals surface area (Å²) in [6.45, 7) is 6.86. The van der Waals surface area contributed by atoms with E-state index in [1.54, 1.807) is 0 Å². The molecule has 0 radical (unpaired) electrons. The van der Waals surface area contributed by atoms with Gasteiger partial charge in [-0.15, -0.1) is 0 Å². The van der Waals surface area contributed by atoms with Crippen LogP contribution in [-0.2, 0) is 0 Å². The molecule has 0 spiro atoms. The Morgan fingerprint density at radius 3 is 1.04 bits per heavy atom. The van der Waals surface area contributed by atoms with Gasteiger partial charge in [0.25, 0.3) is 0 Å². The van der Waals surface area contributed by atoms with Crippen molar-refractivity contribution in [2.45, 2.75) is 219 Å². The van der Waals surface area contributed by atoms with Crippen LogP contribution in [-0.4, -0.2) is 56.5 Å². The van der Waals surface area contributed by atoms with Crippen LogP contribution in [0.4, 0.5) is 0 Å². The van der Waals surface area contributed by atoms with E-state index in [1.807, 2.05) is 0 Å². The van der Waals surface area contributed by atoms with Gasteiger partial charge in [0.15, 0.2) is 0 Å². The lowest BCUT2D eigenvalue weighted by Crippen LogP contribution is -2.43. The number of hydrogen-bond acceptors (Lipinski definition) is 2. The first-order valence-corrected chi connectivity index (χ1v) is 21.4. The average molecular weight is 650 g/mol. The van der Waals surface area contributed by atoms with E-state index >= 15 is 0 Å². The zero-order valence-corrected chi connectivity index (χ0v) is 32.4. The lowest BCUT2D eigenvalue weighted by molar-refractivity contribution is -0.890. The van der Waals surface area contributed by atoms with Crippen molar-refractivity contribution < 1.29 is 9.59 Å². The molecule has 0 heterocycles. The first-order valence-electron chi connectivity index (χ1n) is 21.4. The molecule has 0 aromatic heterocycles. The van der Waals surface area contributed by atoms with Crippen molar-refractivity contribution in [3.05, 3.63) is 12.2 Å². The van der Waals surface area contributed by atoms with E-state index in [9.17, 15) is 0 Å². The zero-order chi connectivity index (χ0) is 33.5. The molecule has 0 aliphatic heterocycles. The number of aliphatic hydroxyl groups excluding tert-OH is 1. The Morgan fingerprint density at radius 1 is 0.391 bits per heavy atom. The second-order valence-corrected chi connectivity index (χ2v) is 15.5. The second-order valence-electron chi connectivity index (χ2n) is 15.5. The van der Waals surface area contributed by atoms with Crippen LogP contribution in [0.2, 0.25) is 0 Å². The average Bonchev–Trinajstić information content (AvgIpc) is 3.04. The molecular formula is C43H89N2O+. The quantitative estimate of drug-likeness (QED) is 0.0393. The Bertz CT molecular complexity index is 575. The Kier molecular flexibility index (Phi) is 38.7. The van der Waals surface area contributed by atoms with Crippen LogP contribution in [0.1, 0.15) is 219 Å². The lowest BCUT2D eigenvalue weighted by Gasteiger charge is -2.28. The molecule has 0 aromatic rings. The zero-order valence-electron chi connectivity index (χ0n) is 32.4. The van der Waals surface area contributed by atoms with Crippen LogP contribution in [0.25, 0.3) is 0 Å². The summed E-state index contributed by atoms with van der Waals surface area (Å²) in [5, 5.41) is 12.7. The van der Waals surface area contributed by atoms with E-state index in [0.29, 0.717) is 0 Å². The summed E-state index contributed by atoms with van der Waals surface area (Å²) in [7, 11) is 4.41. The van der Waals surface area contributed by atoms with Crippen LogP contribution in [0, 0.1) is 0 Å². The number of likely N-dealkylation sites (N-methyl/N-ethyl adjacent to an activating group) is 1. The van der Waals surface area contributed by atoms with Gasteiger partial charge in [0.05, 0.1) is 27.2 Å². The van der Waals surface area contributed by atoms with Gasteiger partial charge in [-0.25, -0.2) is 0 Å². The first-order chi connectivity index (χ1) is 22.6. The summed E-state index contributed by atoms with van der Waals surface area (Å²) in [5.74, 6) is 0. The second kappa shape index (κ2) is 39.1. The third kappa shape index (κ3) is 39.8. The Morgan fingerprint density at radius 2 is 0.696 bits per heavy atom. The van der Waals surface area contributed by atoms with Crippen molar-refractivity contribution in [2.24, 2.45) is 0 Å². The van der Waals surface area contributed by atoms with E-state index in [-0.39, 0.29) is 6.61 Å². The van der Waals surface area contributed by atoms with Gasteiger partial charge in [0, 0.05) is 13.0 Å². The SMILES string of the molecule is CCCCCCCCCCCCCCCCCCCCCCCCCC/C=C\CCCCCCCCNCCC[N+](C)(C)CCO. The third-order valence-corrected chi connectivity index (χ3v) is 10.2. The molecule has 0 atom stereocenters. The summed E-state index contributed by atoms with van der Waals surface area (Å²) in [6.07, 6.45) is 52.1. The van der Waals surface area contributed by atoms with Crippen molar-refractivity contribution in [2.75, 3.05) is 46.9 Å². The van der Waals surface area contributed by atoms with Gasteiger partial charge >= 0.3 is 0 Å². The van der Waals surface area contributed by atoms with Gasteiger partial charge in [-0.05, 0) is 38.6 Å². The maximum Gasteiger partial charge on any atom is 0.102 e. The molecule has 0 fully saturated rings. The summed E-state index contributed by atoms with van der Waals surface area (Å²) >= 11 is 0. The lowest BCUT2D eigenvalue weighted by atomic mass is 10.0. The predicted octanol–water partition coefficient (Wildman–Crippen LogP) is 13.1. The van der Waals surface area contributed by atoms with Crippen LogP contribution >= 0.6 is 0 Å². The largest absolute Gasteiger partial charge is 0.391 e. The minimum Gasteiger partial charge on any atom is -0.391 e. The predicted molar refractivity (Wildman–Crippen MR) is 209 cm³/mol. The third-order valence-electron chi connectivity index (χ3n) is 10.2. The molecule has 46 heavy (non-hydrogen) atoms. The minimum atomic E-state index is 0.288. The van der Waals surface area contributed by atoms with Crippen LogP contribution in [0.5, 0.6) is 0 Å². The number of allylic oxidation sites excluding steroid dienone is 2. The topological polar surface area (TPSA) is 32.3 Å². The smallest absolute Gasteiger partial charge is 0.102 e. The molecule has 0 bridgehead atoms. The fourth-order valence-electron chi connectivity index (χ4n) is 6.82. The standard InChI is InChI=1S/C43H89N2O/c1-4-5-6-7-8-9-10-11-12-13-14-15-16-17-18-19-20-21-22-23-24-25-26-27-28-29-30-31-32-33-34-35-36-37-39-44-40-38-41-45(2,3)42-43-46/h29-30,44,46H,4-28,31-43H2,1-3H3/q+1/b30-29-. The molecule has 0 unspecified atom stereocenters. The highest BCUT2D eigenvalue weighted by atomic mass is 16.3. The number of aliphatic hydroxyl groups is 1. The summed E-state index contributed by atoms with van der Waals surface area (Å²) in [4.78, 5) is 0. The van der Waals surface area contributed by atoms with Gasteiger partial charge in [-0.1, -0.05) is 192 Å². The van der Waals surface area contributed by atoms with E-state index in [4.69, 9.17) is 5.11 Å². The molecule has 276 valence electrons. The fraction of sp³-hybridized carbons (Fsp3) is 0.953. The van der Waals surface area contributed by atoms with Gasteiger partial charge in [-0.2, -0.15) is 0 Å². The number of hydrogen-bond donors (Lipinski definition) is 2. The molecule has 0 aliphatic carbocycles. The molecule has 0 amide bonds. The number of nitrogens with zero attached hydrogens (tertiary/aromatic N) is 1. The maximum atomic E-state index is 9.10. The highest BCUT2D eigenvalue weighted by Gasteiger charge is 2.12. The minimum absolute atomic E-state index is 0.288. The molecule has 0 aliphatic rings.